The number of β-lactam (4-membered cyclic amide) rings is 1. The van der Waals surface area contributed by atoms with Gasteiger partial charge in [0.2, 0.25) is 5.91 Å². The van der Waals surface area contributed by atoms with Gasteiger partial charge in [0.25, 0.3) is 0 Å². The van der Waals surface area contributed by atoms with Gasteiger partial charge in [0.1, 0.15) is 12.4 Å². The van der Waals surface area contributed by atoms with Crippen LogP contribution in [0.1, 0.15) is 24.0 Å². The quantitative estimate of drug-likeness (QED) is 0.137. The van der Waals surface area contributed by atoms with E-state index < -0.39 is 18.0 Å². The molecule has 34 heavy (non-hydrogen) atoms. The molecule has 0 spiro atoms. The molecule has 9 nitrogen and oxygen atoms in total. The molecule has 2 heterocycles. The molecule has 1 saturated heterocycles. The van der Waals surface area contributed by atoms with Gasteiger partial charge in [-0.2, -0.15) is 0 Å². The summed E-state index contributed by atoms with van der Waals surface area (Å²) in [4.78, 5) is 30.0. The largest absolute Gasteiger partial charge is 0.495 e. The van der Waals surface area contributed by atoms with Gasteiger partial charge >= 0.3 is 5.97 Å². The number of azide groups is 1. The Morgan fingerprint density at radius 2 is 1.82 bits per heavy atom. The fourth-order valence-electron chi connectivity index (χ4n) is 4.43. The van der Waals surface area contributed by atoms with Crippen molar-refractivity contribution in [3.8, 4) is 0 Å². The predicted octanol–water partition coefficient (Wildman–Crippen LogP) is 3.49. The summed E-state index contributed by atoms with van der Waals surface area (Å²) in [6.45, 7) is 0.226. The van der Waals surface area contributed by atoms with Crippen LogP contribution in [0.5, 0.6) is 0 Å². The monoisotopic (exact) mass is 462 g/mol. The molecule has 4 rings (SSSR count). The fourth-order valence-corrected chi connectivity index (χ4v) is 4.43. The molecule has 176 valence electrons. The van der Waals surface area contributed by atoms with Crippen LogP contribution >= 0.6 is 0 Å². The van der Waals surface area contributed by atoms with Crippen molar-refractivity contribution in [1.29, 1.82) is 0 Å². The average Bonchev–Trinajstić information content (AvgIpc) is 3.19. The summed E-state index contributed by atoms with van der Waals surface area (Å²) in [7, 11) is 0. The van der Waals surface area contributed by atoms with Crippen LogP contribution in [-0.4, -0.2) is 47.2 Å². The summed E-state index contributed by atoms with van der Waals surface area (Å²) in [5.74, 6) is -1.26. The standard InChI is InChI=1S/C25H26N4O5/c26-28-27-13-14-33-21-15-19-22(20(30)12-11-17-7-3-1-4-8-17)24(31)29(19)23(21)25(32)34-16-18-9-5-2-6-10-18/h1-10,19-20,22,30H,11-16H2. The summed E-state index contributed by atoms with van der Waals surface area (Å²) in [5, 5.41) is 14.2. The first-order chi connectivity index (χ1) is 16.6. The summed E-state index contributed by atoms with van der Waals surface area (Å²) >= 11 is 0. The highest BCUT2D eigenvalue weighted by molar-refractivity contribution is 6.00. The number of benzene rings is 2. The Labute approximate surface area is 197 Å². The number of nitrogens with zero attached hydrogens (tertiary/aromatic N) is 4. The third-order valence-corrected chi connectivity index (χ3v) is 6.09. The van der Waals surface area contributed by atoms with Crippen molar-refractivity contribution < 1.29 is 24.2 Å². The zero-order valence-electron chi connectivity index (χ0n) is 18.6. The van der Waals surface area contributed by atoms with Gasteiger partial charge in [-0.25, -0.2) is 4.79 Å². The number of aliphatic hydroxyl groups excluding tert-OH is 1. The van der Waals surface area contributed by atoms with Crippen LogP contribution in [0.2, 0.25) is 0 Å². The zero-order valence-corrected chi connectivity index (χ0v) is 18.6. The van der Waals surface area contributed by atoms with E-state index in [4.69, 9.17) is 15.0 Å². The van der Waals surface area contributed by atoms with Gasteiger partial charge in [-0.1, -0.05) is 65.8 Å². The highest BCUT2D eigenvalue weighted by Gasteiger charge is 2.58. The molecule has 1 N–H and O–H groups in total. The lowest BCUT2D eigenvalue weighted by molar-refractivity contribution is -0.163. The number of carbonyl (C=O) groups is 2. The van der Waals surface area contributed by atoms with E-state index in [1.807, 2.05) is 60.7 Å². The molecule has 2 aliphatic rings. The molecule has 3 unspecified atom stereocenters. The maximum atomic E-state index is 13.0. The molecule has 2 aliphatic heterocycles. The molecule has 0 bridgehead atoms. The molecule has 1 fully saturated rings. The second-order valence-electron chi connectivity index (χ2n) is 8.23. The van der Waals surface area contributed by atoms with Gasteiger partial charge in [0.05, 0.1) is 31.2 Å². The first kappa shape index (κ1) is 23.4. The molecule has 2 aromatic carbocycles. The Morgan fingerprint density at radius 1 is 1.15 bits per heavy atom. The van der Waals surface area contributed by atoms with Crippen LogP contribution in [0.15, 0.2) is 77.2 Å². The topological polar surface area (TPSA) is 125 Å². The maximum absolute atomic E-state index is 13.0. The lowest BCUT2D eigenvalue weighted by Crippen LogP contribution is -2.62. The first-order valence-electron chi connectivity index (χ1n) is 11.2. The number of carbonyl (C=O) groups excluding carboxylic acids is 2. The van der Waals surface area contributed by atoms with Crippen molar-refractivity contribution in [3.05, 3.63) is 93.7 Å². The van der Waals surface area contributed by atoms with E-state index in [0.29, 0.717) is 25.0 Å². The van der Waals surface area contributed by atoms with Gasteiger partial charge in [-0.05, 0) is 29.5 Å². The van der Waals surface area contributed by atoms with Crippen LogP contribution in [0, 0.1) is 5.92 Å². The average molecular weight is 463 g/mol. The van der Waals surface area contributed by atoms with Crippen molar-refractivity contribution >= 4 is 11.9 Å². The molecule has 0 saturated carbocycles. The van der Waals surface area contributed by atoms with Gasteiger partial charge in [0, 0.05) is 11.3 Å². The molecule has 0 radical (unpaired) electrons. The summed E-state index contributed by atoms with van der Waals surface area (Å²) in [6.07, 6.45) is 0.544. The highest BCUT2D eigenvalue weighted by atomic mass is 16.5. The summed E-state index contributed by atoms with van der Waals surface area (Å²) in [5.41, 5.74) is 10.4. The van der Waals surface area contributed by atoms with E-state index in [1.54, 1.807) is 0 Å². The smallest absolute Gasteiger partial charge is 0.358 e. The number of aliphatic hydroxyl groups is 1. The Kier molecular flexibility index (Phi) is 7.47. The first-order valence-corrected chi connectivity index (χ1v) is 11.2. The van der Waals surface area contributed by atoms with E-state index in [-0.39, 0.29) is 37.4 Å². The Hall–Kier alpha value is -3.81. The van der Waals surface area contributed by atoms with E-state index in [2.05, 4.69) is 10.0 Å². The number of ether oxygens (including phenoxy) is 2. The van der Waals surface area contributed by atoms with Crippen LogP contribution in [0.4, 0.5) is 0 Å². The van der Waals surface area contributed by atoms with E-state index in [1.165, 1.54) is 4.90 Å². The number of hydrogen-bond acceptors (Lipinski definition) is 6. The van der Waals surface area contributed by atoms with Crippen molar-refractivity contribution in [1.82, 2.24) is 4.90 Å². The normalized spacial score (nSPS) is 19.7. The third-order valence-electron chi connectivity index (χ3n) is 6.09. The van der Waals surface area contributed by atoms with Gasteiger partial charge < -0.3 is 14.6 Å². The number of fused-ring (bicyclic) bond motifs is 1. The molecule has 1 amide bonds. The number of aryl methyl sites for hydroxylation is 1. The zero-order chi connectivity index (χ0) is 23.9. The van der Waals surface area contributed by atoms with Crippen LogP contribution in [0.25, 0.3) is 10.4 Å². The molecule has 0 aromatic heterocycles. The lowest BCUT2D eigenvalue weighted by Gasteiger charge is -2.45. The molecule has 0 aliphatic carbocycles. The van der Waals surface area contributed by atoms with Crippen molar-refractivity contribution in [2.75, 3.05) is 13.2 Å². The number of rotatable bonds is 11. The van der Waals surface area contributed by atoms with Crippen LogP contribution in [0.3, 0.4) is 0 Å². The fraction of sp³-hybridized carbons (Fsp3) is 0.360. The van der Waals surface area contributed by atoms with E-state index in [0.717, 1.165) is 11.1 Å². The molecular weight excluding hydrogens is 436 g/mol. The minimum Gasteiger partial charge on any atom is -0.495 e. The number of amides is 1. The van der Waals surface area contributed by atoms with Crippen molar-refractivity contribution in [3.63, 3.8) is 0 Å². The van der Waals surface area contributed by atoms with Crippen molar-refractivity contribution in [2.45, 2.75) is 38.0 Å². The predicted molar refractivity (Wildman–Crippen MR) is 123 cm³/mol. The Balaban J connectivity index is 1.44. The Morgan fingerprint density at radius 3 is 2.50 bits per heavy atom. The second kappa shape index (κ2) is 10.9. The van der Waals surface area contributed by atoms with Gasteiger partial charge in [-0.15, -0.1) is 0 Å². The molecular formula is C25H26N4O5. The highest BCUT2D eigenvalue weighted by Crippen LogP contribution is 2.45. The summed E-state index contributed by atoms with van der Waals surface area (Å²) < 4.78 is 11.2. The van der Waals surface area contributed by atoms with E-state index >= 15 is 0 Å². The van der Waals surface area contributed by atoms with E-state index in [9.17, 15) is 14.7 Å². The maximum Gasteiger partial charge on any atom is 0.358 e. The number of esters is 1. The molecule has 9 heteroatoms. The summed E-state index contributed by atoms with van der Waals surface area (Å²) in [6, 6.07) is 18.6. The van der Waals surface area contributed by atoms with Gasteiger partial charge in [-0.3, -0.25) is 9.69 Å². The van der Waals surface area contributed by atoms with Gasteiger partial charge in [0.15, 0.2) is 5.70 Å². The van der Waals surface area contributed by atoms with Crippen LogP contribution < -0.4 is 0 Å². The molecule has 2 aromatic rings. The van der Waals surface area contributed by atoms with Crippen molar-refractivity contribution in [2.24, 2.45) is 11.0 Å². The minimum absolute atomic E-state index is 0.0605. The lowest BCUT2D eigenvalue weighted by atomic mass is 9.81. The molecule has 3 atom stereocenters. The second-order valence-corrected chi connectivity index (χ2v) is 8.23. The van der Waals surface area contributed by atoms with Crippen LogP contribution in [-0.2, 0) is 32.1 Å². The number of hydrogen-bond donors (Lipinski definition) is 1. The Bertz CT molecular complexity index is 1100. The SMILES string of the molecule is [N-]=[N+]=NCCOC1=C(C(=O)OCc2ccccc2)N2C(=O)C(C(O)CCc3ccccc3)C2C1. The minimum atomic E-state index is -0.835. The third kappa shape index (κ3) is 5.06.